The maximum Gasteiger partial charge on any atom is 0.337 e. The zero-order valence-electron chi connectivity index (χ0n) is 16.8. The van der Waals surface area contributed by atoms with Crippen LogP contribution in [0.3, 0.4) is 0 Å². The van der Waals surface area contributed by atoms with Gasteiger partial charge in [-0.25, -0.2) is 4.79 Å². The number of aromatic carboxylic acids is 1. The molecule has 10 heteroatoms. The number of nitro groups is 1. The van der Waals surface area contributed by atoms with E-state index < -0.39 is 10.9 Å². The average molecular weight is 456 g/mol. The number of carbonyl (C=O) groups is 1. The Hall–Kier alpha value is -4.11. The van der Waals surface area contributed by atoms with Gasteiger partial charge >= 0.3 is 5.97 Å². The first-order chi connectivity index (χ1) is 15.4. The molecule has 0 aliphatic rings. The molecule has 0 aliphatic carbocycles. The summed E-state index contributed by atoms with van der Waals surface area (Å²) in [5.74, 6) is -0.146. The van der Waals surface area contributed by atoms with Gasteiger partial charge in [0.05, 0.1) is 34.5 Å². The van der Waals surface area contributed by atoms with E-state index in [-0.39, 0.29) is 22.9 Å². The Morgan fingerprint density at radius 3 is 2.56 bits per heavy atom. The number of nitrogens with one attached hydrogen (secondary N) is 1. The van der Waals surface area contributed by atoms with Crippen molar-refractivity contribution >= 4 is 35.2 Å². The van der Waals surface area contributed by atoms with Crippen molar-refractivity contribution in [2.45, 2.75) is 6.61 Å². The Bertz CT molecular complexity index is 1160. The fourth-order valence-corrected chi connectivity index (χ4v) is 2.90. The molecule has 0 saturated carbocycles. The van der Waals surface area contributed by atoms with Gasteiger partial charge in [-0.15, -0.1) is 0 Å². The smallest absolute Gasteiger partial charge is 0.337 e. The Balaban J connectivity index is 1.65. The van der Waals surface area contributed by atoms with E-state index in [1.807, 2.05) is 0 Å². The summed E-state index contributed by atoms with van der Waals surface area (Å²) in [7, 11) is 1.51. The molecule has 164 valence electrons. The zero-order valence-corrected chi connectivity index (χ0v) is 17.6. The lowest BCUT2D eigenvalue weighted by Gasteiger charge is -2.11. The number of ether oxygens (including phenoxy) is 2. The molecular formula is C22H18ClN3O6. The van der Waals surface area contributed by atoms with Gasteiger partial charge in [0.1, 0.15) is 6.61 Å². The van der Waals surface area contributed by atoms with Gasteiger partial charge in [-0.3, -0.25) is 15.5 Å². The summed E-state index contributed by atoms with van der Waals surface area (Å²) in [5.41, 5.74) is 4.70. The van der Waals surface area contributed by atoms with Crippen molar-refractivity contribution in [1.82, 2.24) is 0 Å². The van der Waals surface area contributed by atoms with E-state index in [2.05, 4.69) is 10.5 Å². The standard InChI is InChI=1S/C22H18ClN3O6/c1-31-21-10-15(12-24-25-16-5-8-19(23)18(11-16)22(27)28)4-9-20(21)32-13-14-2-6-17(7-3-14)26(29)30/h2-12,25H,13H2,1H3,(H,27,28). The third-order valence-electron chi connectivity index (χ3n) is 4.33. The van der Waals surface area contributed by atoms with Crippen LogP contribution in [-0.2, 0) is 6.61 Å². The zero-order chi connectivity index (χ0) is 23.1. The highest BCUT2D eigenvalue weighted by Crippen LogP contribution is 2.28. The lowest BCUT2D eigenvalue weighted by Crippen LogP contribution is -2.00. The summed E-state index contributed by atoms with van der Waals surface area (Å²) in [6, 6.07) is 15.8. The van der Waals surface area contributed by atoms with Crippen molar-refractivity contribution in [3.05, 3.63) is 92.5 Å². The second kappa shape index (κ2) is 10.3. The van der Waals surface area contributed by atoms with E-state index in [0.29, 0.717) is 22.7 Å². The Kier molecular flexibility index (Phi) is 7.25. The number of methoxy groups -OCH3 is 1. The molecule has 0 radical (unpaired) electrons. The van der Waals surface area contributed by atoms with Crippen molar-refractivity contribution in [2.75, 3.05) is 12.5 Å². The van der Waals surface area contributed by atoms with Crippen LogP contribution in [0.15, 0.2) is 65.8 Å². The van der Waals surface area contributed by atoms with Crippen LogP contribution in [0.25, 0.3) is 0 Å². The Morgan fingerprint density at radius 2 is 1.91 bits per heavy atom. The highest BCUT2D eigenvalue weighted by molar-refractivity contribution is 6.33. The molecule has 0 amide bonds. The maximum atomic E-state index is 11.2. The summed E-state index contributed by atoms with van der Waals surface area (Å²) in [6.07, 6.45) is 1.54. The first-order valence-electron chi connectivity index (χ1n) is 9.23. The second-order valence-corrected chi connectivity index (χ2v) is 6.90. The molecule has 0 aromatic heterocycles. The van der Waals surface area contributed by atoms with E-state index in [4.69, 9.17) is 26.2 Å². The molecule has 0 unspecified atom stereocenters. The Morgan fingerprint density at radius 1 is 1.16 bits per heavy atom. The molecule has 32 heavy (non-hydrogen) atoms. The lowest BCUT2D eigenvalue weighted by molar-refractivity contribution is -0.384. The number of nitro benzene ring substituents is 1. The molecule has 0 spiro atoms. The molecule has 0 fully saturated rings. The van der Waals surface area contributed by atoms with Gasteiger partial charge in [0.25, 0.3) is 5.69 Å². The minimum absolute atomic E-state index is 0.0152. The van der Waals surface area contributed by atoms with Gasteiger partial charge in [-0.1, -0.05) is 11.6 Å². The maximum absolute atomic E-state index is 11.2. The molecule has 3 aromatic rings. The molecule has 0 heterocycles. The SMILES string of the molecule is COc1cc(C=NNc2ccc(Cl)c(C(=O)O)c2)ccc1OCc1ccc([N+](=O)[O-])cc1. The number of nitrogens with zero attached hydrogens (tertiary/aromatic N) is 2. The highest BCUT2D eigenvalue weighted by atomic mass is 35.5. The molecule has 2 N–H and O–H groups in total. The molecule has 0 bridgehead atoms. The van der Waals surface area contributed by atoms with Crippen molar-refractivity contribution in [1.29, 1.82) is 0 Å². The predicted molar refractivity (Wildman–Crippen MR) is 120 cm³/mol. The molecular weight excluding hydrogens is 438 g/mol. The summed E-state index contributed by atoms with van der Waals surface area (Å²) in [4.78, 5) is 21.4. The van der Waals surface area contributed by atoms with Gasteiger partial charge in [-0.05, 0) is 59.7 Å². The summed E-state index contributed by atoms with van der Waals surface area (Å²) in [6.45, 7) is 0.214. The van der Waals surface area contributed by atoms with Gasteiger partial charge in [0, 0.05) is 12.1 Å². The minimum Gasteiger partial charge on any atom is -0.493 e. The molecule has 0 aliphatic heterocycles. The van der Waals surface area contributed by atoms with E-state index in [9.17, 15) is 14.9 Å². The molecule has 9 nitrogen and oxygen atoms in total. The van der Waals surface area contributed by atoms with Gasteiger partial charge < -0.3 is 14.6 Å². The number of anilines is 1. The fourth-order valence-electron chi connectivity index (χ4n) is 2.70. The van der Waals surface area contributed by atoms with Crippen LogP contribution in [0.4, 0.5) is 11.4 Å². The van der Waals surface area contributed by atoms with Crippen LogP contribution in [0.5, 0.6) is 11.5 Å². The molecule has 3 aromatic carbocycles. The van der Waals surface area contributed by atoms with Crippen LogP contribution in [-0.4, -0.2) is 29.3 Å². The topological polar surface area (TPSA) is 123 Å². The third kappa shape index (κ3) is 5.73. The van der Waals surface area contributed by atoms with Gasteiger partial charge in [0.15, 0.2) is 11.5 Å². The van der Waals surface area contributed by atoms with E-state index in [0.717, 1.165) is 5.56 Å². The first-order valence-corrected chi connectivity index (χ1v) is 9.61. The van der Waals surface area contributed by atoms with E-state index in [1.54, 1.807) is 36.4 Å². The predicted octanol–water partition coefficient (Wildman–Crippen LogP) is 4.98. The third-order valence-corrected chi connectivity index (χ3v) is 4.66. The summed E-state index contributed by atoms with van der Waals surface area (Å²) < 4.78 is 11.1. The average Bonchev–Trinajstić information content (AvgIpc) is 2.79. The number of hydrogen-bond donors (Lipinski definition) is 2. The van der Waals surface area contributed by atoms with Gasteiger partial charge in [0.2, 0.25) is 0 Å². The largest absolute Gasteiger partial charge is 0.493 e. The summed E-state index contributed by atoms with van der Waals surface area (Å²) >= 11 is 5.85. The van der Waals surface area contributed by atoms with Crippen molar-refractivity contribution < 1.29 is 24.3 Å². The number of carboxylic acids is 1. The minimum atomic E-state index is -1.13. The quantitative estimate of drug-likeness (QED) is 0.265. The number of halogens is 1. The first kappa shape index (κ1) is 22.6. The fraction of sp³-hybridized carbons (Fsp3) is 0.0909. The second-order valence-electron chi connectivity index (χ2n) is 6.49. The number of benzene rings is 3. The highest BCUT2D eigenvalue weighted by Gasteiger charge is 2.10. The van der Waals surface area contributed by atoms with Crippen molar-refractivity contribution in [3.8, 4) is 11.5 Å². The normalized spacial score (nSPS) is 10.7. The number of carboxylic acid groups (broad SMARTS) is 1. The Labute approximate surface area is 188 Å². The number of non-ortho nitro benzene ring substituents is 1. The van der Waals surface area contributed by atoms with E-state index >= 15 is 0 Å². The van der Waals surface area contributed by atoms with Gasteiger partial charge in [-0.2, -0.15) is 5.10 Å². The van der Waals surface area contributed by atoms with Crippen molar-refractivity contribution in [3.63, 3.8) is 0 Å². The lowest BCUT2D eigenvalue weighted by atomic mass is 10.2. The monoisotopic (exact) mass is 455 g/mol. The molecule has 3 rings (SSSR count). The number of hydrazone groups is 1. The van der Waals surface area contributed by atoms with Crippen LogP contribution < -0.4 is 14.9 Å². The molecule has 0 atom stereocenters. The number of rotatable bonds is 9. The van der Waals surface area contributed by atoms with Crippen LogP contribution in [0.2, 0.25) is 5.02 Å². The molecule has 0 saturated heterocycles. The van der Waals surface area contributed by atoms with E-state index in [1.165, 1.54) is 37.6 Å². The van der Waals surface area contributed by atoms with Crippen LogP contribution in [0.1, 0.15) is 21.5 Å². The van der Waals surface area contributed by atoms with Crippen LogP contribution >= 0.6 is 11.6 Å². The van der Waals surface area contributed by atoms with Crippen LogP contribution in [0, 0.1) is 10.1 Å². The number of hydrogen-bond acceptors (Lipinski definition) is 7. The summed E-state index contributed by atoms with van der Waals surface area (Å²) in [5, 5.41) is 24.1. The van der Waals surface area contributed by atoms with Crippen molar-refractivity contribution in [2.24, 2.45) is 5.10 Å².